The fourth-order valence-corrected chi connectivity index (χ4v) is 2.61. The molecule has 1 aromatic carbocycles. The molecule has 0 saturated carbocycles. The van der Waals surface area contributed by atoms with Gasteiger partial charge < -0.3 is 0 Å². The van der Waals surface area contributed by atoms with Crippen LogP contribution < -0.4 is 0 Å². The Kier molecular flexibility index (Phi) is 2.05. The highest BCUT2D eigenvalue weighted by atomic mass is 35.5. The van der Waals surface area contributed by atoms with Gasteiger partial charge in [0, 0.05) is 12.0 Å². The van der Waals surface area contributed by atoms with E-state index in [2.05, 4.69) is 9.97 Å². The Morgan fingerprint density at radius 1 is 1.11 bits per heavy atom. The second kappa shape index (κ2) is 3.65. The van der Waals surface area contributed by atoms with E-state index in [-0.39, 0.29) is 5.78 Å². The van der Waals surface area contributed by atoms with E-state index in [1.54, 1.807) is 10.6 Å². The van der Waals surface area contributed by atoms with Crippen molar-refractivity contribution in [1.82, 2.24) is 14.5 Å². The van der Waals surface area contributed by atoms with Crippen LogP contribution in [0.1, 0.15) is 16.2 Å². The van der Waals surface area contributed by atoms with Crippen molar-refractivity contribution >= 4 is 28.4 Å². The van der Waals surface area contributed by atoms with Crippen LogP contribution in [0.5, 0.6) is 0 Å². The minimum atomic E-state index is 0.00724. The average molecular weight is 270 g/mol. The zero-order valence-electron chi connectivity index (χ0n) is 9.80. The normalized spacial score (nSPS) is 13.4. The second-order valence-corrected chi connectivity index (χ2v) is 4.86. The van der Waals surface area contributed by atoms with Crippen molar-refractivity contribution in [1.29, 1.82) is 0 Å². The number of aromatic nitrogens is 3. The van der Waals surface area contributed by atoms with E-state index in [1.807, 2.05) is 30.3 Å². The number of nitrogens with zero attached hydrogens (tertiary/aromatic N) is 3. The Labute approximate surface area is 113 Å². The van der Waals surface area contributed by atoms with Crippen LogP contribution in [0.25, 0.3) is 16.9 Å². The molecule has 4 rings (SSSR count). The van der Waals surface area contributed by atoms with Gasteiger partial charge in [-0.15, -0.1) is 0 Å². The number of fused-ring (bicyclic) bond motifs is 5. The number of para-hydroxylation sites is 2. The predicted octanol–water partition coefficient (Wildman–Crippen LogP) is 2.81. The first-order valence-electron chi connectivity index (χ1n) is 5.90. The van der Waals surface area contributed by atoms with Crippen LogP contribution in [0, 0.1) is 0 Å². The van der Waals surface area contributed by atoms with Crippen molar-refractivity contribution in [3.05, 3.63) is 52.9 Å². The lowest BCUT2D eigenvalue weighted by atomic mass is 10.1. The fraction of sp³-hybridized carbons (Fsp3) is 0.0714. The molecule has 0 radical (unpaired) electrons. The Balaban J connectivity index is 2.16. The number of Topliss-reactive ketones (excluding diaryl/α,β-unsaturated/α-hetero) is 1. The van der Waals surface area contributed by atoms with Crippen LogP contribution >= 0.6 is 11.6 Å². The highest BCUT2D eigenvalue weighted by Gasteiger charge is 2.27. The number of halogens is 1. The van der Waals surface area contributed by atoms with E-state index in [4.69, 9.17) is 11.6 Å². The fourth-order valence-electron chi connectivity index (χ4n) is 2.47. The Morgan fingerprint density at radius 2 is 1.95 bits per heavy atom. The molecule has 0 bridgehead atoms. The van der Waals surface area contributed by atoms with Gasteiger partial charge in [-0.1, -0.05) is 29.8 Å². The molecule has 2 aromatic heterocycles. The van der Waals surface area contributed by atoms with Gasteiger partial charge in [0.1, 0.15) is 11.0 Å². The minimum Gasteiger partial charge on any atom is -0.290 e. The van der Waals surface area contributed by atoms with E-state index < -0.39 is 0 Å². The van der Waals surface area contributed by atoms with E-state index in [0.29, 0.717) is 23.2 Å². The lowest BCUT2D eigenvalue weighted by Crippen LogP contribution is -2.20. The van der Waals surface area contributed by atoms with Crippen LogP contribution in [0.15, 0.2) is 36.4 Å². The van der Waals surface area contributed by atoms with Gasteiger partial charge in [0.2, 0.25) is 5.78 Å². The zero-order valence-corrected chi connectivity index (χ0v) is 10.6. The number of carbonyl (C=O) groups is 1. The third-order valence-corrected chi connectivity index (χ3v) is 3.51. The maximum Gasteiger partial charge on any atom is 0.203 e. The summed E-state index contributed by atoms with van der Waals surface area (Å²) in [5.74, 6) is 1.15. The highest BCUT2D eigenvalue weighted by molar-refractivity contribution is 6.29. The molecule has 3 aromatic rings. The van der Waals surface area contributed by atoms with Crippen LogP contribution in [0.2, 0.25) is 5.15 Å². The van der Waals surface area contributed by atoms with Crippen molar-refractivity contribution in [2.24, 2.45) is 0 Å². The first-order chi connectivity index (χ1) is 9.24. The van der Waals surface area contributed by atoms with Crippen molar-refractivity contribution in [3.63, 3.8) is 0 Å². The lowest BCUT2D eigenvalue weighted by molar-refractivity contribution is 0.0977. The number of hydrogen-bond donors (Lipinski definition) is 0. The molecule has 4 nitrogen and oxygen atoms in total. The van der Waals surface area contributed by atoms with Gasteiger partial charge in [0.15, 0.2) is 5.82 Å². The number of hydrogen-bond acceptors (Lipinski definition) is 3. The van der Waals surface area contributed by atoms with Crippen molar-refractivity contribution in [3.8, 4) is 5.82 Å². The second-order valence-electron chi connectivity index (χ2n) is 4.48. The monoisotopic (exact) mass is 269 g/mol. The van der Waals surface area contributed by atoms with E-state index >= 15 is 0 Å². The molecule has 0 unspecified atom stereocenters. The number of imidazole rings is 1. The van der Waals surface area contributed by atoms with Crippen molar-refractivity contribution < 1.29 is 4.79 Å². The molecule has 3 heterocycles. The van der Waals surface area contributed by atoms with Gasteiger partial charge in [-0.25, -0.2) is 9.97 Å². The van der Waals surface area contributed by atoms with Gasteiger partial charge in [-0.2, -0.15) is 0 Å². The van der Waals surface area contributed by atoms with Gasteiger partial charge in [-0.05, 0) is 18.2 Å². The first-order valence-corrected chi connectivity index (χ1v) is 6.28. The van der Waals surface area contributed by atoms with Crippen LogP contribution in [-0.4, -0.2) is 20.3 Å². The van der Waals surface area contributed by atoms with E-state index in [0.717, 1.165) is 16.6 Å². The number of pyridine rings is 1. The number of carbonyl (C=O) groups excluding carboxylic acids is 1. The molecule has 92 valence electrons. The topological polar surface area (TPSA) is 47.8 Å². The van der Waals surface area contributed by atoms with Crippen LogP contribution in [0.4, 0.5) is 0 Å². The SMILES string of the molecule is O=C1Cc2ccc(Cl)nc2-n2c1nc1ccccc12. The Hall–Kier alpha value is -2.20. The maximum absolute atomic E-state index is 12.2. The number of ketones is 1. The molecule has 19 heavy (non-hydrogen) atoms. The third-order valence-electron chi connectivity index (χ3n) is 3.29. The van der Waals surface area contributed by atoms with Crippen molar-refractivity contribution in [2.45, 2.75) is 6.42 Å². The molecule has 0 amide bonds. The summed E-state index contributed by atoms with van der Waals surface area (Å²) in [6, 6.07) is 11.2. The molecule has 0 spiro atoms. The lowest BCUT2D eigenvalue weighted by Gasteiger charge is -2.17. The molecule has 0 aliphatic carbocycles. The van der Waals surface area contributed by atoms with Crippen molar-refractivity contribution in [2.75, 3.05) is 0 Å². The summed E-state index contributed by atoms with van der Waals surface area (Å²) in [6.45, 7) is 0. The maximum atomic E-state index is 12.2. The zero-order chi connectivity index (χ0) is 13.0. The quantitative estimate of drug-likeness (QED) is 0.590. The van der Waals surface area contributed by atoms with Gasteiger partial charge in [-0.3, -0.25) is 9.36 Å². The number of rotatable bonds is 0. The number of benzene rings is 1. The van der Waals surface area contributed by atoms with Crippen LogP contribution in [-0.2, 0) is 6.42 Å². The average Bonchev–Trinajstić information content (AvgIpc) is 2.80. The predicted molar refractivity (Wildman–Crippen MR) is 71.9 cm³/mol. The van der Waals surface area contributed by atoms with Gasteiger partial charge >= 0.3 is 0 Å². The summed E-state index contributed by atoms with van der Waals surface area (Å²) in [4.78, 5) is 20.9. The molecule has 0 atom stereocenters. The minimum absolute atomic E-state index is 0.00724. The smallest absolute Gasteiger partial charge is 0.203 e. The summed E-state index contributed by atoms with van der Waals surface area (Å²) in [7, 11) is 0. The molecular formula is C14H8ClN3O. The summed E-state index contributed by atoms with van der Waals surface area (Å²) in [5.41, 5.74) is 2.55. The molecule has 0 N–H and O–H groups in total. The summed E-state index contributed by atoms with van der Waals surface area (Å²) in [6.07, 6.45) is 0.322. The standard InChI is InChI=1S/C14H8ClN3O/c15-12-6-5-8-7-11(19)14-16-9-3-1-2-4-10(9)18(14)13(8)17-12/h1-6H,7H2. The molecule has 1 aliphatic rings. The molecule has 1 aliphatic heterocycles. The van der Waals surface area contributed by atoms with E-state index in [9.17, 15) is 4.79 Å². The molecule has 0 saturated heterocycles. The van der Waals surface area contributed by atoms with Crippen LogP contribution in [0.3, 0.4) is 0 Å². The van der Waals surface area contributed by atoms with E-state index in [1.165, 1.54) is 0 Å². The largest absolute Gasteiger partial charge is 0.290 e. The highest BCUT2D eigenvalue weighted by Crippen LogP contribution is 2.28. The van der Waals surface area contributed by atoms with Gasteiger partial charge in [0.05, 0.1) is 11.0 Å². The molecule has 0 fully saturated rings. The summed E-state index contributed by atoms with van der Waals surface area (Å²) < 4.78 is 1.79. The summed E-state index contributed by atoms with van der Waals surface area (Å²) in [5, 5.41) is 0.414. The molecule has 5 heteroatoms. The molecular weight excluding hydrogens is 262 g/mol. The summed E-state index contributed by atoms with van der Waals surface area (Å²) >= 11 is 5.97. The van der Waals surface area contributed by atoms with Gasteiger partial charge in [0.25, 0.3) is 0 Å². The Bertz CT molecular complexity index is 838. The first kappa shape index (κ1) is 10.7. The Morgan fingerprint density at radius 3 is 2.84 bits per heavy atom. The third kappa shape index (κ3) is 1.43.